The molecule has 0 atom stereocenters. The van der Waals surface area contributed by atoms with Gasteiger partial charge in [-0.3, -0.25) is 9.59 Å². The number of para-hydroxylation sites is 2. The van der Waals surface area contributed by atoms with Crippen molar-refractivity contribution in [3.8, 4) is 17.1 Å². The molecule has 174 valence electrons. The Kier molecular flexibility index (Phi) is 6.55. The second-order valence-corrected chi connectivity index (χ2v) is 9.26. The average molecular weight is 456 g/mol. The van der Waals surface area contributed by atoms with Crippen LogP contribution in [-0.2, 0) is 16.6 Å². The fourth-order valence-electron chi connectivity index (χ4n) is 3.84. The number of nitrogens with one attached hydrogen (secondary N) is 1. The molecule has 1 amide bonds. The highest BCUT2D eigenvalue weighted by Crippen LogP contribution is 2.32. The van der Waals surface area contributed by atoms with Crippen molar-refractivity contribution in [3.05, 3.63) is 94.1 Å². The molecule has 0 fully saturated rings. The van der Waals surface area contributed by atoms with Crippen LogP contribution in [0.5, 0.6) is 5.75 Å². The Labute approximate surface area is 199 Å². The Balaban J connectivity index is 1.68. The van der Waals surface area contributed by atoms with Crippen molar-refractivity contribution in [1.82, 2.24) is 0 Å². The Morgan fingerprint density at radius 2 is 1.62 bits per heavy atom. The smallest absolute Gasteiger partial charge is 0.262 e. The lowest BCUT2D eigenvalue weighted by Crippen LogP contribution is -2.23. The largest absolute Gasteiger partial charge is 0.476 e. The summed E-state index contributed by atoms with van der Waals surface area (Å²) < 4.78 is 11.9. The number of anilines is 1. The molecule has 4 aromatic rings. The molecule has 0 aliphatic rings. The average Bonchev–Trinajstić information content (AvgIpc) is 2.83. The predicted octanol–water partition coefficient (Wildman–Crippen LogP) is 6.34. The van der Waals surface area contributed by atoms with Gasteiger partial charge in [0.15, 0.2) is 12.4 Å². The van der Waals surface area contributed by atoms with Crippen LogP contribution in [0.3, 0.4) is 0 Å². The van der Waals surface area contributed by atoms with E-state index in [1.165, 1.54) is 0 Å². The third-order valence-electron chi connectivity index (χ3n) is 5.79. The van der Waals surface area contributed by atoms with E-state index in [9.17, 15) is 9.59 Å². The molecule has 0 radical (unpaired) electrons. The summed E-state index contributed by atoms with van der Waals surface area (Å²) in [4.78, 5) is 26.0. The summed E-state index contributed by atoms with van der Waals surface area (Å²) in [6, 6.07) is 22.5. The molecular weight excluding hydrogens is 426 g/mol. The maximum absolute atomic E-state index is 13.3. The zero-order valence-corrected chi connectivity index (χ0v) is 20.0. The van der Waals surface area contributed by atoms with Crippen molar-refractivity contribution < 1.29 is 13.9 Å². The van der Waals surface area contributed by atoms with Crippen molar-refractivity contribution in [3.63, 3.8) is 0 Å². The summed E-state index contributed by atoms with van der Waals surface area (Å²) in [6.45, 7) is 8.14. The minimum absolute atomic E-state index is 0.00501. The van der Waals surface area contributed by atoms with Crippen LogP contribution in [0.25, 0.3) is 22.3 Å². The van der Waals surface area contributed by atoms with E-state index in [4.69, 9.17) is 9.15 Å². The molecule has 5 heteroatoms. The van der Waals surface area contributed by atoms with Crippen molar-refractivity contribution in [2.45, 2.75) is 39.5 Å². The Bertz CT molecular complexity index is 1380. The molecule has 0 aliphatic heterocycles. The van der Waals surface area contributed by atoms with Gasteiger partial charge in [0, 0.05) is 11.3 Å². The van der Waals surface area contributed by atoms with Crippen LogP contribution in [0.15, 0.2) is 82.0 Å². The minimum atomic E-state index is -0.345. The summed E-state index contributed by atoms with van der Waals surface area (Å²) in [5, 5.41) is 3.28. The van der Waals surface area contributed by atoms with E-state index in [1.807, 2.05) is 61.5 Å². The zero-order chi connectivity index (χ0) is 24.3. The highest BCUT2D eigenvalue weighted by Gasteiger charge is 2.20. The molecule has 0 aliphatic carbocycles. The van der Waals surface area contributed by atoms with Gasteiger partial charge in [0.25, 0.3) is 5.91 Å². The first kappa shape index (κ1) is 23.3. The molecule has 1 N–H and O–H groups in total. The molecule has 4 rings (SSSR count). The monoisotopic (exact) mass is 455 g/mol. The van der Waals surface area contributed by atoms with Gasteiger partial charge in [0.1, 0.15) is 5.58 Å². The first-order valence-corrected chi connectivity index (χ1v) is 11.4. The van der Waals surface area contributed by atoms with Crippen LogP contribution in [-0.4, -0.2) is 12.5 Å². The molecule has 0 saturated heterocycles. The molecule has 1 aromatic heterocycles. The lowest BCUT2D eigenvalue weighted by Gasteiger charge is -2.19. The Hall–Kier alpha value is -3.86. The molecule has 34 heavy (non-hydrogen) atoms. The number of benzene rings is 3. The maximum Gasteiger partial charge on any atom is 0.262 e. The van der Waals surface area contributed by atoms with Gasteiger partial charge < -0.3 is 14.5 Å². The summed E-state index contributed by atoms with van der Waals surface area (Å²) in [6.07, 6.45) is 0.792. The van der Waals surface area contributed by atoms with Crippen LogP contribution in [0.2, 0.25) is 0 Å². The number of fused-ring (bicyclic) bond motifs is 1. The van der Waals surface area contributed by atoms with Crippen LogP contribution < -0.4 is 15.5 Å². The predicted molar refractivity (Wildman–Crippen MR) is 137 cm³/mol. The van der Waals surface area contributed by atoms with E-state index < -0.39 is 0 Å². The van der Waals surface area contributed by atoms with Gasteiger partial charge in [0.05, 0.1) is 5.39 Å². The first-order valence-electron chi connectivity index (χ1n) is 11.4. The number of hydrogen-bond donors (Lipinski definition) is 1. The van der Waals surface area contributed by atoms with E-state index in [-0.39, 0.29) is 29.1 Å². The van der Waals surface area contributed by atoms with Crippen molar-refractivity contribution in [2.75, 3.05) is 11.9 Å². The highest BCUT2D eigenvalue weighted by atomic mass is 16.5. The second-order valence-electron chi connectivity index (χ2n) is 9.26. The van der Waals surface area contributed by atoms with Gasteiger partial charge >= 0.3 is 0 Å². The zero-order valence-electron chi connectivity index (χ0n) is 20.0. The molecule has 0 saturated carbocycles. The van der Waals surface area contributed by atoms with Gasteiger partial charge in [-0.05, 0) is 41.2 Å². The second kappa shape index (κ2) is 9.56. The first-order chi connectivity index (χ1) is 16.3. The maximum atomic E-state index is 13.3. The molecule has 5 nitrogen and oxygen atoms in total. The van der Waals surface area contributed by atoms with Crippen LogP contribution in [0, 0.1) is 0 Å². The van der Waals surface area contributed by atoms with Gasteiger partial charge in [-0.25, -0.2) is 0 Å². The van der Waals surface area contributed by atoms with Crippen LogP contribution >= 0.6 is 0 Å². The lowest BCUT2D eigenvalue weighted by atomic mass is 9.86. The molecule has 0 bridgehead atoms. The van der Waals surface area contributed by atoms with Crippen molar-refractivity contribution in [2.24, 2.45) is 0 Å². The number of carbonyl (C=O) groups is 1. The normalized spacial score (nSPS) is 11.4. The highest BCUT2D eigenvalue weighted by molar-refractivity contribution is 5.93. The third-order valence-corrected chi connectivity index (χ3v) is 5.79. The van der Waals surface area contributed by atoms with Gasteiger partial charge in [0.2, 0.25) is 11.2 Å². The van der Waals surface area contributed by atoms with E-state index in [1.54, 1.807) is 18.2 Å². The Morgan fingerprint density at radius 3 is 2.32 bits per heavy atom. The van der Waals surface area contributed by atoms with E-state index >= 15 is 0 Å². The molecule has 0 spiro atoms. The van der Waals surface area contributed by atoms with E-state index in [0.29, 0.717) is 22.3 Å². The summed E-state index contributed by atoms with van der Waals surface area (Å²) in [5.41, 5.74) is 3.80. The standard InChI is InChI=1S/C29H29NO4/c1-5-19-10-6-8-12-23(19)30-25(31)18-33-28-26(32)22-11-7-9-13-24(22)34-27(28)20-14-16-21(17-15-20)29(2,3)4/h6-17H,5,18H2,1-4H3,(H,30,31). The van der Waals surface area contributed by atoms with Gasteiger partial charge in [-0.15, -0.1) is 0 Å². The number of carbonyl (C=O) groups excluding carboxylic acids is 1. The summed E-state index contributed by atoms with van der Waals surface area (Å²) in [7, 11) is 0. The molecular formula is C29H29NO4. The molecule has 1 heterocycles. The third kappa shape index (κ3) is 4.88. The topological polar surface area (TPSA) is 68.5 Å². The molecule has 3 aromatic carbocycles. The Morgan fingerprint density at radius 1 is 0.941 bits per heavy atom. The van der Waals surface area contributed by atoms with Crippen LogP contribution in [0.1, 0.15) is 38.8 Å². The number of amides is 1. The quantitative estimate of drug-likeness (QED) is 0.368. The fraction of sp³-hybridized carbons (Fsp3) is 0.241. The van der Waals surface area contributed by atoms with Crippen molar-refractivity contribution in [1.29, 1.82) is 0 Å². The summed E-state index contributed by atoms with van der Waals surface area (Å²) in [5.74, 6) is -0.00505. The molecule has 0 unspecified atom stereocenters. The number of rotatable bonds is 6. The lowest BCUT2D eigenvalue weighted by molar-refractivity contribution is -0.118. The number of aryl methyl sites for hydroxylation is 1. The van der Waals surface area contributed by atoms with Gasteiger partial charge in [-0.2, -0.15) is 0 Å². The minimum Gasteiger partial charge on any atom is -0.476 e. The van der Waals surface area contributed by atoms with E-state index in [0.717, 1.165) is 23.2 Å². The number of hydrogen-bond acceptors (Lipinski definition) is 4. The fourth-order valence-corrected chi connectivity index (χ4v) is 3.84. The summed E-state index contributed by atoms with van der Waals surface area (Å²) >= 11 is 0. The number of ether oxygens (including phenoxy) is 1. The van der Waals surface area contributed by atoms with Crippen LogP contribution in [0.4, 0.5) is 5.69 Å². The van der Waals surface area contributed by atoms with Crippen molar-refractivity contribution >= 4 is 22.6 Å². The SMILES string of the molecule is CCc1ccccc1NC(=O)COc1c(-c2ccc(C(C)(C)C)cc2)oc2ccccc2c1=O. The van der Waals surface area contributed by atoms with Gasteiger partial charge in [-0.1, -0.05) is 82.3 Å². The van der Waals surface area contributed by atoms with E-state index in [2.05, 4.69) is 26.1 Å².